The summed E-state index contributed by atoms with van der Waals surface area (Å²) in [6.07, 6.45) is 0. The fourth-order valence-electron chi connectivity index (χ4n) is 5.47. The Bertz CT molecular complexity index is 1870. The van der Waals surface area contributed by atoms with Crippen LogP contribution < -0.4 is 4.67 Å². The SMILES string of the molecule is C[C@H](c1ccccc1)N(Cc1ccccc1)p1oc2ccc3ccccc3c2c2c(ccc3ccccc32)o1. The van der Waals surface area contributed by atoms with Crippen molar-refractivity contribution in [2.75, 3.05) is 4.67 Å². The lowest BCUT2D eigenvalue weighted by Gasteiger charge is -2.26. The lowest BCUT2D eigenvalue weighted by Crippen LogP contribution is -2.23. The lowest BCUT2D eigenvalue weighted by atomic mass is 9.99. The second-order valence-electron chi connectivity index (χ2n) is 9.91. The summed E-state index contributed by atoms with van der Waals surface area (Å²) < 4.78 is 16.2. The van der Waals surface area contributed by atoms with E-state index in [1.807, 2.05) is 0 Å². The Kier molecular flexibility index (Phi) is 6.17. The maximum absolute atomic E-state index is 6.94. The van der Waals surface area contributed by atoms with E-state index in [-0.39, 0.29) is 6.04 Å². The summed E-state index contributed by atoms with van der Waals surface area (Å²) in [7, 11) is -1.50. The third-order valence-electron chi connectivity index (χ3n) is 7.51. The molecule has 0 radical (unpaired) electrons. The smallest absolute Gasteiger partial charge is 0.310 e. The van der Waals surface area contributed by atoms with Gasteiger partial charge in [-0.2, -0.15) is 4.67 Å². The predicted molar refractivity (Wildman–Crippen MR) is 165 cm³/mol. The average molecular weight is 526 g/mol. The van der Waals surface area contributed by atoms with Gasteiger partial charge in [0.2, 0.25) is 0 Å². The molecule has 0 fully saturated rings. The highest BCUT2D eigenvalue weighted by Gasteiger charge is 2.24. The van der Waals surface area contributed by atoms with Gasteiger partial charge in [0.25, 0.3) is 0 Å². The lowest BCUT2D eigenvalue weighted by molar-refractivity contribution is 0.594. The van der Waals surface area contributed by atoms with E-state index in [0.29, 0.717) is 6.54 Å². The summed E-state index contributed by atoms with van der Waals surface area (Å²) in [4.78, 5) is 0. The highest BCUT2D eigenvalue weighted by atomic mass is 31.1. The third kappa shape index (κ3) is 4.40. The largest absolute Gasteiger partial charge is 0.408 e. The van der Waals surface area contributed by atoms with Crippen LogP contribution >= 0.6 is 8.16 Å². The van der Waals surface area contributed by atoms with Gasteiger partial charge in [-0.05, 0) is 51.7 Å². The van der Waals surface area contributed by atoms with Gasteiger partial charge in [0, 0.05) is 23.4 Å². The van der Waals surface area contributed by atoms with Crippen molar-refractivity contribution in [2.24, 2.45) is 0 Å². The van der Waals surface area contributed by atoms with Gasteiger partial charge in [0.15, 0.2) is 0 Å². The summed E-state index contributed by atoms with van der Waals surface area (Å²) >= 11 is 0. The highest BCUT2D eigenvalue weighted by Crippen LogP contribution is 2.44. The molecule has 0 saturated heterocycles. The molecule has 39 heavy (non-hydrogen) atoms. The van der Waals surface area contributed by atoms with Crippen LogP contribution in [0.15, 0.2) is 142 Å². The van der Waals surface area contributed by atoms with Crippen molar-refractivity contribution in [3.63, 3.8) is 0 Å². The van der Waals surface area contributed by atoms with Crippen LogP contribution in [0.2, 0.25) is 0 Å². The molecule has 0 N–H and O–H groups in total. The Labute approximate surface area is 228 Å². The monoisotopic (exact) mass is 525 g/mol. The highest BCUT2D eigenvalue weighted by molar-refractivity contribution is 7.38. The summed E-state index contributed by atoms with van der Waals surface area (Å²) in [5.41, 5.74) is 4.16. The topological polar surface area (TPSA) is 29.5 Å². The molecule has 0 saturated carbocycles. The molecule has 1 atom stereocenters. The zero-order chi connectivity index (χ0) is 26.2. The minimum atomic E-state index is -1.50. The van der Waals surface area contributed by atoms with Crippen LogP contribution in [0.5, 0.6) is 0 Å². The first kappa shape index (κ1) is 23.8. The van der Waals surface area contributed by atoms with Gasteiger partial charge in [-0.25, -0.2) is 0 Å². The van der Waals surface area contributed by atoms with Crippen LogP contribution in [0.1, 0.15) is 24.1 Å². The number of rotatable bonds is 5. The molecule has 0 spiro atoms. The van der Waals surface area contributed by atoms with Crippen molar-refractivity contribution >= 4 is 51.6 Å². The van der Waals surface area contributed by atoms with Crippen molar-refractivity contribution in [2.45, 2.75) is 19.5 Å². The number of hydrogen-bond acceptors (Lipinski definition) is 3. The van der Waals surface area contributed by atoms with E-state index in [0.717, 1.165) is 21.9 Å². The summed E-state index contributed by atoms with van der Waals surface area (Å²) in [6.45, 7) is 2.94. The average Bonchev–Trinajstić information content (AvgIpc) is 3.18. The van der Waals surface area contributed by atoms with Crippen LogP contribution in [0.25, 0.3) is 43.5 Å². The molecular weight excluding hydrogens is 497 g/mol. The Morgan fingerprint density at radius 1 is 0.564 bits per heavy atom. The molecule has 3 nitrogen and oxygen atoms in total. The fourth-order valence-corrected chi connectivity index (χ4v) is 7.06. The number of hydrogen-bond donors (Lipinski definition) is 0. The summed E-state index contributed by atoms with van der Waals surface area (Å²) in [5.74, 6) is 0. The van der Waals surface area contributed by atoms with Gasteiger partial charge < -0.3 is 8.39 Å². The predicted octanol–water partition coefficient (Wildman–Crippen LogP) is 10.5. The molecule has 190 valence electrons. The molecule has 0 bridgehead atoms. The quantitative estimate of drug-likeness (QED) is 0.224. The van der Waals surface area contributed by atoms with Crippen LogP contribution in [-0.2, 0) is 6.54 Å². The molecule has 0 aliphatic carbocycles. The van der Waals surface area contributed by atoms with Crippen molar-refractivity contribution in [3.05, 3.63) is 145 Å². The third-order valence-corrected chi connectivity index (χ3v) is 9.12. The van der Waals surface area contributed by atoms with E-state index >= 15 is 0 Å². The first-order chi connectivity index (χ1) is 19.3. The van der Waals surface area contributed by atoms with Gasteiger partial charge in [-0.1, -0.05) is 121 Å². The number of fused-ring (bicyclic) bond motifs is 7. The minimum absolute atomic E-state index is 0.0726. The van der Waals surface area contributed by atoms with Crippen LogP contribution in [0.4, 0.5) is 0 Å². The fraction of sp³-hybridized carbons (Fsp3) is 0.0857. The number of nitrogens with zero attached hydrogens (tertiary/aromatic N) is 1. The molecule has 7 rings (SSSR count). The molecule has 1 heterocycles. The van der Waals surface area contributed by atoms with E-state index < -0.39 is 8.16 Å². The molecule has 6 aromatic carbocycles. The molecule has 4 heteroatoms. The van der Waals surface area contributed by atoms with E-state index in [9.17, 15) is 0 Å². The second-order valence-corrected chi connectivity index (χ2v) is 11.3. The maximum atomic E-state index is 6.94. The van der Waals surface area contributed by atoms with E-state index in [2.05, 4.69) is 145 Å². The Balaban J connectivity index is 1.57. The Hall–Kier alpha value is -4.30. The van der Waals surface area contributed by atoms with Crippen molar-refractivity contribution < 1.29 is 8.39 Å². The summed E-state index contributed by atoms with van der Waals surface area (Å²) in [5, 5.41) is 6.89. The van der Waals surface area contributed by atoms with Crippen molar-refractivity contribution in [1.82, 2.24) is 0 Å². The molecule has 1 aromatic heterocycles. The van der Waals surface area contributed by atoms with Crippen molar-refractivity contribution in [3.8, 4) is 0 Å². The second kappa shape index (κ2) is 10.1. The van der Waals surface area contributed by atoms with Gasteiger partial charge in [-0.3, -0.25) is 0 Å². The van der Waals surface area contributed by atoms with E-state index in [4.69, 9.17) is 8.39 Å². The van der Waals surface area contributed by atoms with E-state index in [1.165, 1.54) is 32.7 Å². The van der Waals surface area contributed by atoms with Gasteiger partial charge in [0.05, 0.1) is 0 Å². The zero-order valence-corrected chi connectivity index (χ0v) is 22.6. The molecule has 0 aliphatic rings. The van der Waals surface area contributed by atoms with Gasteiger partial charge in [0.1, 0.15) is 11.2 Å². The maximum Gasteiger partial charge on any atom is 0.310 e. The molecular formula is C35H28NO2P. The molecule has 7 aromatic rings. The van der Waals surface area contributed by atoms with Gasteiger partial charge >= 0.3 is 8.16 Å². The first-order valence-electron chi connectivity index (χ1n) is 13.3. The standard InChI is InChI=1S/C35H28NO2P/c1-25(27-14-6-3-7-15-27)36(24-26-12-4-2-5-13-26)39-37-32-22-20-28-16-8-10-18-30(28)34(32)35-31-19-11-9-17-29(31)21-23-33(35)38-39/h2-23,25H,24H2,1H3/t25-/m1/s1. The Morgan fingerprint density at radius 3 is 1.62 bits per heavy atom. The van der Waals surface area contributed by atoms with Crippen LogP contribution in [-0.4, -0.2) is 0 Å². The van der Waals surface area contributed by atoms with E-state index in [1.54, 1.807) is 0 Å². The zero-order valence-electron chi connectivity index (χ0n) is 21.7. The van der Waals surface area contributed by atoms with Gasteiger partial charge in [-0.15, -0.1) is 0 Å². The normalized spacial score (nSPS) is 12.5. The molecule has 0 unspecified atom stereocenters. The van der Waals surface area contributed by atoms with Crippen LogP contribution in [0, 0.1) is 0 Å². The molecule has 0 aliphatic heterocycles. The Morgan fingerprint density at radius 2 is 1.05 bits per heavy atom. The first-order valence-corrected chi connectivity index (χ1v) is 14.4. The molecule has 0 amide bonds. The number of benzene rings is 6. The van der Waals surface area contributed by atoms with Crippen LogP contribution in [0.3, 0.4) is 0 Å². The summed E-state index contributed by atoms with van der Waals surface area (Å²) in [6, 6.07) is 46.8. The minimum Gasteiger partial charge on any atom is -0.408 e. The van der Waals surface area contributed by atoms with Crippen molar-refractivity contribution in [1.29, 1.82) is 0 Å².